The van der Waals surface area contributed by atoms with Crippen molar-refractivity contribution in [2.45, 2.75) is 39.7 Å². The Hall–Kier alpha value is -4.60. The number of aromatic nitrogens is 3. The number of piperazine rings is 1. The quantitative estimate of drug-likeness (QED) is 0.275. The fourth-order valence-electron chi connectivity index (χ4n) is 5.60. The van der Waals surface area contributed by atoms with Crippen LogP contribution in [0, 0.1) is 18.6 Å². The van der Waals surface area contributed by atoms with Gasteiger partial charge in [-0.3, -0.25) is 14.3 Å². The lowest BCUT2D eigenvalue weighted by atomic mass is 9.97. The van der Waals surface area contributed by atoms with Gasteiger partial charge in [0.15, 0.2) is 5.82 Å². The van der Waals surface area contributed by atoms with Crippen molar-refractivity contribution in [3.63, 3.8) is 0 Å². The summed E-state index contributed by atoms with van der Waals surface area (Å²) in [7, 11) is 0. The van der Waals surface area contributed by atoms with E-state index in [9.17, 15) is 14.0 Å². The van der Waals surface area contributed by atoms with E-state index in [-0.39, 0.29) is 51.5 Å². The van der Waals surface area contributed by atoms with Crippen LogP contribution in [0.15, 0.2) is 60.0 Å². The molecule has 2 aromatic carbocycles. The molecule has 8 nitrogen and oxygen atoms in total. The maximum atomic E-state index is 16.8. The average Bonchev–Trinajstić information content (AvgIpc) is 2.93. The molecule has 0 saturated carbocycles. The van der Waals surface area contributed by atoms with E-state index in [0.717, 1.165) is 11.1 Å². The van der Waals surface area contributed by atoms with Gasteiger partial charge in [0.2, 0.25) is 5.91 Å². The van der Waals surface area contributed by atoms with Crippen LogP contribution in [0.3, 0.4) is 0 Å². The lowest BCUT2D eigenvalue weighted by molar-refractivity contribution is -0.126. The molecule has 41 heavy (non-hydrogen) atoms. The summed E-state index contributed by atoms with van der Waals surface area (Å²) in [6.45, 7) is 12.4. The van der Waals surface area contributed by atoms with Crippen LogP contribution in [-0.2, 0) is 4.79 Å². The highest BCUT2D eigenvalue weighted by Gasteiger charge is 2.31. The van der Waals surface area contributed by atoms with Gasteiger partial charge in [-0.15, -0.1) is 0 Å². The van der Waals surface area contributed by atoms with E-state index in [0.29, 0.717) is 25.3 Å². The van der Waals surface area contributed by atoms with Crippen LogP contribution in [-0.4, -0.2) is 51.0 Å². The third-order valence-electron chi connectivity index (χ3n) is 7.63. The van der Waals surface area contributed by atoms with Gasteiger partial charge in [0.05, 0.1) is 16.6 Å². The van der Waals surface area contributed by atoms with Gasteiger partial charge in [-0.2, -0.15) is 4.98 Å². The molecular formula is C31H32F2N6O2. The van der Waals surface area contributed by atoms with Gasteiger partial charge in [0.1, 0.15) is 22.8 Å². The number of carbonyl (C=O) groups excluding carboxylic acids is 1. The van der Waals surface area contributed by atoms with Crippen molar-refractivity contribution >= 4 is 28.3 Å². The monoisotopic (exact) mass is 558 g/mol. The molecular weight excluding hydrogens is 526 g/mol. The number of pyridine rings is 1. The summed E-state index contributed by atoms with van der Waals surface area (Å²) in [5.41, 5.74) is 6.97. The van der Waals surface area contributed by atoms with Gasteiger partial charge in [-0.1, -0.05) is 44.7 Å². The van der Waals surface area contributed by atoms with E-state index >= 15 is 4.39 Å². The Bertz CT molecular complexity index is 1730. The van der Waals surface area contributed by atoms with Crippen LogP contribution in [0.25, 0.3) is 27.8 Å². The number of carbonyl (C=O) groups is 1. The minimum Gasteiger partial charge on any atom is -0.398 e. The first-order chi connectivity index (χ1) is 19.5. The molecule has 2 aromatic heterocycles. The molecule has 0 unspecified atom stereocenters. The second-order valence-electron chi connectivity index (χ2n) is 10.6. The summed E-state index contributed by atoms with van der Waals surface area (Å²) in [6.07, 6.45) is 2.68. The van der Waals surface area contributed by atoms with Crippen molar-refractivity contribution in [3.8, 4) is 16.9 Å². The molecule has 4 aromatic rings. The highest BCUT2D eigenvalue weighted by molar-refractivity contribution is 5.94. The highest BCUT2D eigenvalue weighted by Crippen LogP contribution is 2.37. The third kappa shape index (κ3) is 4.73. The maximum absolute atomic E-state index is 16.8. The molecule has 3 heterocycles. The van der Waals surface area contributed by atoms with Gasteiger partial charge in [0.25, 0.3) is 0 Å². The maximum Gasteiger partial charge on any atom is 0.354 e. The number of halogens is 2. The van der Waals surface area contributed by atoms with E-state index in [1.807, 2.05) is 50.8 Å². The Kier molecular flexibility index (Phi) is 7.33. The fourth-order valence-corrected chi connectivity index (χ4v) is 5.60. The smallest absolute Gasteiger partial charge is 0.354 e. The van der Waals surface area contributed by atoms with E-state index in [1.165, 1.54) is 35.0 Å². The minimum absolute atomic E-state index is 0.00797. The first kappa shape index (κ1) is 27.9. The number of fused-ring (bicyclic) bond motifs is 1. The summed E-state index contributed by atoms with van der Waals surface area (Å²) in [5, 5.41) is 0.286. The van der Waals surface area contributed by atoms with Crippen LogP contribution < -0.4 is 16.3 Å². The molecule has 0 bridgehead atoms. The van der Waals surface area contributed by atoms with Gasteiger partial charge in [-0.05, 0) is 49.1 Å². The van der Waals surface area contributed by atoms with Crippen molar-refractivity contribution in [1.82, 2.24) is 19.4 Å². The van der Waals surface area contributed by atoms with Crippen LogP contribution in [0.2, 0.25) is 0 Å². The summed E-state index contributed by atoms with van der Waals surface area (Å²) in [5.74, 6) is -1.54. The molecule has 1 atom stereocenters. The van der Waals surface area contributed by atoms with Gasteiger partial charge < -0.3 is 15.5 Å². The van der Waals surface area contributed by atoms with Crippen molar-refractivity contribution in [3.05, 3.63) is 88.5 Å². The molecule has 2 N–H and O–H groups in total. The lowest BCUT2D eigenvalue weighted by Crippen LogP contribution is -2.54. The topological polar surface area (TPSA) is 97.4 Å². The number of nitrogens with zero attached hydrogens (tertiary/aromatic N) is 5. The van der Waals surface area contributed by atoms with Crippen LogP contribution in [0.5, 0.6) is 0 Å². The number of aryl methyl sites for hydroxylation is 1. The molecule has 1 aliphatic rings. The molecule has 10 heteroatoms. The molecule has 212 valence electrons. The Morgan fingerprint density at radius 2 is 1.90 bits per heavy atom. The zero-order chi connectivity index (χ0) is 29.6. The normalized spacial score (nSPS) is 15.5. The molecule has 0 spiro atoms. The van der Waals surface area contributed by atoms with Crippen LogP contribution in [0.1, 0.15) is 37.8 Å². The largest absolute Gasteiger partial charge is 0.398 e. The Balaban J connectivity index is 1.84. The van der Waals surface area contributed by atoms with E-state index in [2.05, 4.69) is 16.5 Å². The fraction of sp³-hybridized carbons (Fsp3) is 0.290. The molecule has 1 fully saturated rings. The number of nitrogen functional groups attached to an aromatic ring is 1. The predicted octanol–water partition coefficient (Wildman–Crippen LogP) is 4.96. The number of rotatable bonds is 5. The average molecular weight is 559 g/mol. The lowest BCUT2D eigenvalue weighted by Gasteiger charge is -2.40. The number of hydrogen-bond acceptors (Lipinski definition) is 6. The van der Waals surface area contributed by atoms with Crippen molar-refractivity contribution in [2.75, 3.05) is 30.3 Å². The van der Waals surface area contributed by atoms with Gasteiger partial charge in [-0.25, -0.2) is 13.6 Å². The molecule has 5 rings (SSSR count). The summed E-state index contributed by atoms with van der Waals surface area (Å²) in [4.78, 5) is 38.5. The second-order valence-corrected chi connectivity index (χ2v) is 10.6. The zero-order valence-corrected chi connectivity index (χ0v) is 23.5. The molecule has 1 saturated heterocycles. The van der Waals surface area contributed by atoms with Gasteiger partial charge in [0, 0.05) is 37.6 Å². The predicted molar refractivity (Wildman–Crippen MR) is 157 cm³/mol. The Morgan fingerprint density at radius 3 is 2.56 bits per heavy atom. The zero-order valence-electron chi connectivity index (χ0n) is 23.5. The first-order valence-corrected chi connectivity index (χ1v) is 13.5. The van der Waals surface area contributed by atoms with E-state index in [4.69, 9.17) is 5.73 Å². The summed E-state index contributed by atoms with van der Waals surface area (Å²) >= 11 is 0. The Morgan fingerprint density at radius 1 is 1.17 bits per heavy atom. The highest BCUT2D eigenvalue weighted by atomic mass is 19.1. The van der Waals surface area contributed by atoms with Crippen LogP contribution in [0.4, 0.5) is 20.3 Å². The van der Waals surface area contributed by atoms with Gasteiger partial charge >= 0.3 is 5.69 Å². The molecule has 1 aliphatic heterocycles. The number of benzene rings is 2. The number of anilines is 2. The van der Waals surface area contributed by atoms with E-state index < -0.39 is 17.3 Å². The molecule has 0 aliphatic carbocycles. The molecule has 0 radical (unpaired) electrons. The number of amides is 1. The SMILES string of the molecule is C=CC(=O)N1CCN(c2nc(=O)n(-c3c(C)cccc3C(C)C)c3c(F)c(-c4c(N)cccc4F)ncc23)[C@@H](C)C1. The first-order valence-electron chi connectivity index (χ1n) is 13.5. The summed E-state index contributed by atoms with van der Waals surface area (Å²) in [6, 6.07) is 9.48. The van der Waals surface area contributed by atoms with Crippen LogP contribution >= 0.6 is 0 Å². The van der Waals surface area contributed by atoms with Crippen molar-refractivity contribution < 1.29 is 13.6 Å². The number of para-hydroxylation sites is 1. The number of hydrogen-bond donors (Lipinski definition) is 1. The van der Waals surface area contributed by atoms with E-state index in [1.54, 1.807) is 4.90 Å². The van der Waals surface area contributed by atoms with Crippen molar-refractivity contribution in [1.29, 1.82) is 0 Å². The van der Waals surface area contributed by atoms with Crippen molar-refractivity contribution in [2.24, 2.45) is 0 Å². The molecule has 1 amide bonds. The summed E-state index contributed by atoms with van der Waals surface area (Å²) < 4.78 is 33.1. The standard InChI is InChI=1S/C31H32F2N6O2/c1-6-24(40)37-13-14-38(19(5)16-37)30-21-15-35-27(25-22(32)11-8-12-23(25)34)26(33)29(21)39(31(41)36-30)28-18(4)9-7-10-20(28)17(2)3/h6-12,15,17,19H,1,13-14,16,34H2,2-5H3/t19-/m0/s1. The number of nitrogens with two attached hydrogens (primary N) is 1. The second kappa shape index (κ2) is 10.8. The Labute approximate surface area is 236 Å². The third-order valence-corrected chi connectivity index (χ3v) is 7.63. The minimum atomic E-state index is -0.883.